The molecular weight excluding hydrogens is 378 g/mol. The first-order valence-electron chi connectivity index (χ1n) is 7.69. The fraction of sp³-hybridized carbons (Fsp3) is 0.500. The third kappa shape index (κ3) is 4.39. The lowest BCUT2D eigenvalue weighted by molar-refractivity contribution is 0.0612. The van der Waals surface area contributed by atoms with Gasteiger partial charge in [-0.1, -0.05) is 28.1 Å². The summed E-state index contributed by atoms with van der Waals surface area (Å²) in [6.45, 7) is 4.96. The van der Waals surface area contributed by atoms with Crippen molar-refractivity contribution in [3.05, 3.63) is 34.3 Å². The molecule has 1 aromatic carbocycles. The van der Waals surface area contributed by atoms with E-state index in [0.717, 1.165) is 10.0 Å². The average molecular weight is 400 g/mol. The Balaban J connectivity index is 2.06. The van der Waals surface area contributed by atoms with Crippen LogP contribution >= 0.6 is 15.9 Å². The summed E-state index contributed by atoms with van der Waals surface area (Å²) in [6, 6.07) is 7.49. The highest BCUT2D eigenvalue weighted by molar-refractivity contribution is 9.10. The molecule has 0 aromatic heterocycles. The molecule has 0 radical (unpaired) electrons. The summed E-state index contributed by atoms with van der Waals surface area (Å²) in [5, 5.41) is 21.9. The quantitative estimate of drug-likeness (QED) is 0.723. The smallest absolute Gasteiger partial charge is 0.407 e. The van der Waals surface area contributed by atoms with Crippen LogP contribution in [0.4, 0.5) is 9.59 Å². The molecule has 0 saturated carbocycles. The molecular formula is C16H22BrN3O4. The van der Waals surface area contributed by atoms with Crippen molar-refractivity contribution < 1.29 is 19.8 Å². The van der Waals surface area contributed by atoms with Gasteiger partial charge < -0.3 is 25.3 Å². The largest absolute Gasteiger partial charge is 0.465 e. The molecule has 1 heterocycles. The molecule has 1 aliphatic rings. The maximum absolute atomic E-state index is 11.4. The highest BCUT2D eigenvalue weighted by Gasteiger charge is 2.33. The fourth-order valence-corrected chi connectivity index (χ4v) is 3.06. The van der Waals surface area contributed by atoms with E-state index >= 15 is 0 Å². The van der Waals surface area contributed by atoms with E-state index in [1.165, 1.54) is 9.80 Å². The Morgan fingerprint density at radius 3 is 2.38 bits per heavy atom. The molecule has 7 nitrogen and oxygen atoms in total. The Hall–Kier alpha value is -1.80. The van der Waals surface area contributed by atoms with Crippen LogP contribution in [0.5, 0.6) is 0 Å². The van der Waals surface area contributed by atoms with Crippen LogP contribution in [0.25, 0.3) is 0 Å². The van der Waals surface area contributed by atoms with Crippen molar-refractivity contribution in [3.8, 4) is 0 Å². The van der Waals surface area contributed by atoms with E-state index in [-0.39, 0.29) is 25.2 Å². The zero-order chi connectivity index (χ0) is 17.9. The molecule has 1 fully saturated rings. The molecule has 1 aliphatic heterocycles. The summed E-state index contributed by atoms with van der Waals surface area (Å²) in [4.78, 5) is 25.1. The van der Waals surface area contributed by atoms with Crippen molar-refractivity contribution in [1.29, 1.82) is 0 Å². The first kappa shape index (κ1) is 18.5. The summed E-state index contributed by atoms with van der Waals surface area (Å²) in [5.74, 6) is 0. The highest BCUT2D eigenvalue weighted by atomic mass is 79.9. The predicted octanol–water partition coefficient (Wildman–Crippen LogP) is 2.62. The minimum absolute atomic E-state index is 0.172. The maximum atomic E-state index is 11.4. The third-order valence-corrected chi connectivity index (χ3v) is 4.87. The highest BCUT2D eigenvalue weighted by Crippen LogP contribution is 2.22. The van der Waals surface area contributed by atoms with Crippen molar-refractivity contribution >= 4 is 28.1 Å². The number of hydrogen-bond donors (Lipinski definition) is 3. The second kappa shape index (κ2) is 7.40. The number of rotatable bonds is 4. The van der Waals surface area contributed by atoms with Crippen molar-refractivity contribution in [1.82, 2.24) is 15.1 Å². The lowest BCUT2D eigenvalue weighted by Crippen LogP contribution is -2.60. The van der Waals surface area contributed by atoms with Gasteiger partial charge in [0.25, 0.3) is 0 Å². The molecule has 1 aromatic rings. The van der Waals surface area contributed by atoms with Crippen LogP contribution in [0.1, 0.15) is 19.4 Å². The van der Waals surface area contributed by atoms with Crippen LogP contribution in [0.3, 0.4) is 0 Å². The van der Waals surface area contributed by atoms with Crippen LogP contribution in [0, 0.1) is 0 Å². The first-order chi connectivity index (χ1) is 11.2. The van der Waals surface area contributed by atoms with Gasteiger partial charge in [0.15, 0.2) is 0 Å². The van der Waals surface area contributed by atoms with Gasteiger partial charge >= 0.3 is 12.2 Å². The van der Waals surface area contributed by atoms with Crippen molar-refractivity contribution in [2.45, 2.75) is 25.4 Å². The number of amides is 2. The van der Waals surface area contributed by atoms with Gasteiger partial charge in [0, 0.05) is 36.2 Å². The normalized spacial score (nSPS) is 18.5. The molecule has 2 rings (SSSR count). The summed E-state index contributed by atoms with van der Waals surface area (Å²) in [6.07, 6.45) is -2.04. The Kier molecular flexibility index (Phi) is 5.71. The molecule has 24 heavy (non-hydrogen) atoms. The molecule has 3 N–H and O–H groups in total. The van der Waals surface area contributed by atoms with E-state index in [9.17, 15) is 14.7 Å². The van der Waals surface area contributed by atoms with E-state index in [2.05, 4.69) is 21.2 Å². The zero-order valence-electron chi connectivity index (χ0n) is 13.7. The number of carboxylic acid groups (broad SMARTS) is 2. The van der Waals surface area contributed by atoms with Crippen molar-refractivity contribution in [3.63, 3.8) is 0 Å². The summed E-state index contributed by atoms with van der Waals surface area (Å²) in [7, 11) is 0. The van der Waals surface area contributed by atoms with Gasteiger partial charge in [-0.25, -0.2) is 9.59 Å². The Morgan fingerprint density at radius 1 is 1.21 bits per heavy atom. The van der Waals surface area contributed by atoms with Crippen molar-refractivity contribution in [2.75, 3.05) is 26.2 Å². The monoisotopic (exact) mass is 399 g/mol. The van der Waals surface area contributed by atoms with Gasteiger partial charge in [0.2, 0.25) is 0 Å². The second-order valence-electron chi connectivity index (χ2n) is 6.37. The van der Waals surface area contributed by atoms with Crippen LogP contribution in [-0.4, -0.2) is 64.4 Å². The maximum Gasteiger partial charge on any atom is 0.407 e. The summed E-state index contributed by atoms with van der Waals surface area (Å²) >= 11 is 3.40. The average Bonchev–Trinajstić information content (AvgIpc) is 2.53. The van der Waals surface area contributed by atoms with Crippen LogP contribution in [-0.2, 0) is 5.54 Å². The summed E-state index contributed by atoms with van der Waals surface area (Å²) in [5.41, 5.74) is 0.703. The molecule has 0 spiro atoms. The number of carbonyl (C=O) groups is 2. The van der Waals surface area contributed by atoms with Gasteiger partial charge in [-0.05, 0) is 31.5 Å². The van der Waals surface area contributed by atoms with E-state index in [4.69, 9.17) is 5.11 Å². The van der Waals surface area contributed by atoms with Gasteiger partial charge in [-0.2, -0.15) is 0 Å². The Labute approximate surface area is 149 Å². The zero-order valence-corrected chi connectivity index (χ0v) is 15.3. The van der Waals surface area contributed by atoms with Crippen LogP contribution in [0.2, 0.25) is 0 Å². The molecule has 0 aliphatic carbocycles. The molecule has 1 unspecified atom stereocenters. The van der Waals surface area contributed by atoms with Gasteiger partial charge in [0.05, 0.1) is 6.04 Å². The van der Waals surface area contributed by atoms with E-state index < -0.39 is 18.2 Å². The molecule has 1 saturated heterocycles. The standard InChI is InChI=1S/C16H22BrN3O4/c1-16(2,11-3-5-12(17)6-4-11)18-9-13-10-19(14(21)22)7-8-20(13)15(23)24/h3-6,13,18H,7-10H2,1-2H3,(H,21,22)(H,23,24). The first-order valence-corrected chi connectivity index (χ1v) is 8.48. The van der Waals surface area contributed by atoms with Gasteiger partial charge in [-0.3, -0.25) is 0 Å². The third-order valence-electron chi connectivity index (χ3n) is 4.34. The Morgan fingerprint density at radius 2 is 1.83 bits per heavy atom. The topological polar surface area (TPSA) is 93.1 Å². The minimum atomic E-state index is -1.02. The fourth-order valence-electron chi connectivity index (χ4n) is 2.80. The van der Waals surface area contributed by atoms with E-state index in [1.807, 2.05) is 38.1 Å². The number of halogens is 1. The Bertz CT molecular complexity index is 606. The number of piperazine rings is 1. The molecule has 2 amide bonds. The molecule has 8 heteroatoms. The number of hydrogen-bond acceptors (Lipinski definition) is 3. The summed E-state index contributed by atoms with van der Waals surface area (Å²) < 4.78 is 0.989. The lowest BCUT2D eigenvalue weighted by Gasteiger charge is -2.40. The van der Waals surface area contributed by atoms with Gasteiger partial charge in [-0.15, -0.1) is 0 Å². The second-order valence-corrected chi connectivity index (χ2v) is 7.29. The lowest BCUT2D eigenvalue weighted by atomic mass is 9.94. The SMILES string of the molecule is CC(C)(NCC1CN(C(=O)O)CCN1C(=O)O)c1ccc(Br)cc1. The van der Waals surface area contributed by atoms with E-state index in [0.29, 0.717) is 6.54 Å². The van der Waals surface area contributed by atoms with Crippen LogP contribution < -0.4 is 5.32 Å². The van der Waals surface area contributed by atoms with E-state index in [1.54, 1.807) is 0 Å². The van der Waals surface area contributed by atoms with Crippen molar-refractivity contribution in [2.24, 2.45) is 0 Å². The number of benzene rings is 1. The molecule has 0 bridgehead atoms. The minimum Gasteiger partial charge on any atom is -0.465 e. The number of nitrogens with zero attached hydrogens (tertiary/aromatic N) is 2. The van der Waals surface area contributed by atoms with Gasteiger partial charge in [0.1, 0.15) is 0 Å². The molecule has 1 atom stereocenters. The molecule has 132 valence electrons. The predicted molar refractivity (Wildman–Crippen MR) is 93.3 cm³/mol. The van der Waals surface area contributed by atoms with Crippen LogP contribution in [0.15, 0.2) is 28.7 Å². The number of nitrogens with one attached hydrogen (secondary N) is 1.